The van der Waals surface area contributed by atoms with Crippen molar-refractivity contribution in [1.82, 2.24) is 5.32 Å². The van der Waals surface area contributed by atoms with Gasteiger partial charge in [0.05, 0.1) is 6.10 Å². The SMILES string of the molecule is CC1CC1c1ccc(C=CC(=O)NCC2CC(O)C2)o1. The van der Waals surface area contributed by atoms with E-state index in [9.17, 15) is 4.79 Å². The van der Waals surface area contributed by atoms with E-state index >= 15 is 0 Å². The Hall–Kier alpha value is -1.55. The normalized spacial score (nSPS) is 32.1. The van der Waals surface area contributed by atoms with Gasteiger partial charge in [-0.1, -0.05) is 6.92 Å². The topological polar surface area (TPSA) is 62.5 Å². The van der Waals surface area contributed by atoms with Crippen molar-refractivity contribution in [2.45, 2.75) is 38.2 Å². The molecule has 2 atom stereocenters. The third-order valence-corrected chi connectivity index (χ3v) is 4.30. The number of nitrogens with one attached hydrogen (secondary N) is 1. The lowest BCUT2D eigenvalue weighted by Gasteiger charge is -2.31. The molecule has 1 aromatic heterocycles. The molecule has 0 aromatic carbocycles. The second-order valence-corrected chi connectivity index (χ2v) is 6.13. The number of aliphatic hydroxyl groups is 1. The van der Waals surface area contributed by atoms with Gasteiger partial charge in [-0.3, -0.25) is 4.79 Å². The summed E-state index contributed by atoms with van der Waals surface area (Å²) in [5.74, 6) is 3.36. The standard InChI is InChI=1S/C16H21NO3/c1-10-6-14(10)15-4-2-13(20-15)3-5-16(19)17-9-11-7-12(18)8-11/h2-5,10-12,14,18H,6-9H2,1H3,(H,17,19). The average molecular weight is 275 g/mol. The molecule has 0 aliphatic heterocycles. The quantitative estimate of drug-likeness (QED) is 0.811. The molecule has 2 aliphatic rings. The van der Waals surface area contributed by atoms with Gasteiger partial charge in [0.1, 0.15) is 11.5 Å². The molecule has 0 spiro atoms. The summed E-state index contributed by atoms with van der Waals surface area (Å²) in [4.78, 5) is 11.6. The summed E-state index contributed by atoms with van der Waals surface area (Å²) in [6.07, 6.45) is 5.84. The first kappa shape index (κ1) is 13.4. The van der Waals surface area contributed by atoms with Crippen molar-refractivity contribution < 1.29 is 14.3 Å². The van der Waals surface area contributed by atoms with Gasteiger partial charge in [-0.2, -0.15) is 0 Å². The van der Waals surface area contributed by atoms with Crippen molar-refractivity contribution in [3.63, 3.8) is 0 Å². The maximum atomic E-state index is 11.6. The van der Waals surface area contributed by atoms with Crippen LogP contribution in [0.3, 0.4) is 0 Å². The van der Waals surface area contributed by atoms with Crippen LogP contribution in [-0.4, -0.2) is 23.7 Å². The summed E-state index contributed by atoms with van der Waals surface area (Å²) in [7, 11) is 0. The van der Waals surface area contributed by atoms with Crippen LogP contribution in [0.1, 0.15) is 43.6 Å². The largest absolute Gasteiger partial charge is 0.461 e. The Morgan fingerprint density at radius 3 is 2.85 bits per heavy atom. The molecule has 2 fully saturated rings. The molecule has 4 nitrogen and oxygen atoms in total. The molecule has 0 saturated heterocycles. The lowest BCUT2D eigenvalue weighted by atomic mass is 9.82. The maximum absolute atomic E-state index is 11.6. The molecule has 108 valence electrons. The molecular weight excluding hydrogens is 254 g/mol. The summed E-state index contributed by atoms with van der Waals surface area (Å²) >= 11 is 0. The number of rotatable bonds is 5. The van der Waals surface area contributed by atoms with Gasteiger partial charge in [0, 0.05) is 18.5 Å². The predicted molar refractivity (Wildman–Crippen MR) is 76.0 cm³/mol. The van der Waals surface area contributed by atoms with E-state index in [0.29, 0.717) is 18.4 Å². The Bertz CT molecular complexity index is 514. The van der Waals surface area contributed by atoms with Crippen LogP contribution in [0, 0.1) is 11.8 Å². The van der Waals surface area contributed by atoms with Crippen molar-refractivity contribution in [3.05, 3.63) is 29.7 Å². The molecule has 1 heterocycles. The number of aliphatic hydroxyl groups excluding tert-OH is 1. The zero-order valence-electron chi connectivity index (χ0n) is 11.7. The fourth-order valence-electron chi connectivity index (χ4n) is 2.70. The first-order valence-electron chi connectivity index (χ1n) is 7.35. The first-order chi connectivity index (χ1) is 9.61. The van der Waals surface area contributed by atoms with Crippen LogP contribution in [0.25, 0.3) is 6.08 Å². The third kappa shape index (κ3) is 3.12. The second-order valence-electron chi connectivity index (χ2n) is 6.13. The number of furan rings is 1. The predicted octanol–water partition coefficient (Wildman–Crippen LogP) is 2.30. The molecule has 3 rings (SSSR count). The number of carbonyl (C=O) groups excluding carboxylic acids is 1. The molecule has 2 saturated carbocycles. The zero-order chi connectivity index (χ0) is 14.1. The Morgan fingerprint density at radius 1 is 1.45 bits per heavy atom. The molecule has 2 aliphatic carbocycles. The van der Waals surface area contributed by atoms with Gasteiger partial charge in [0.2, 0.25) is 5.91 Å². The van der Waals surface area contributed by atoms with E-state index in [1.54, 1.807) is 6.08 Å². The fraction of sp³-hybridized carbons (Fsp3) is 0.562. The van der Waals surface area contributed by atoms with Crippen molar-refractivity contribution in [1.29, 1.82) is 0 Å². The monoisotopic (exact) mass is 275 g/mol. The lowest BCUT2D eigenvalue weighted by Crippen LogP contribution is -2.37. The summed E-state index contributed by atoms with van der Waals surface area (Å²) in [5, 5.41) is 12.0. The Balaban J connectivity index is 1.44. The lowest BCUT2D eigenvalue weighted by molar-refractivity contribution is -0.117. The third-order valence-electron chi connectivity index (χ3n) is 4.30. The van der Waals surface area contributed by atoms with Gasteiger partial charge >= 0.3 is 0 Å². The van der Waals surface area contributed by atoms with Crippen molar-refractivity contribution in [2.24, 2.45) is 11.8 Å². The van der Waals surface area contributed by atoms with E-state index in [2.05, 4.69) is 12.2 Å². The van der Waals surface area contributed by atoms with E-state index in [4.69, 9.17) is 9.52 Å². The van der Waals surface area contributed by atoms with Crippen LogP contribution in [-0.2, 0) is 4.79 Å². The van der Waals surface area contributed by atoms with Crippen LogP contribution in [0.5, 0.6) is 0 Å². The van der Waals surface area contributed by atoms with Gasteiger partial charge < -0.3 is 14.8 Å². The maximum Gasteiger partial charge on any atom is 0.244 e. The summed E-state index contributed by atoms with van der Waals surface area (Å²) in [5.41, 5.74) is 0. The van der Waals surface area contributed by atoms with Crippen molar-refractivity contribution >= 4 is 12.0 Å². The van der Waals surface area contributed by atoms with Crippen molar-refractivity contribution in [2.75, 3.05) is 6.54 Å². The van der Waals surface area contributed by atoms with Crippen LogP contribution in [0.4, 0.5) is 0 Å². The van der Waals surface area contributed by atoms with Gasteiger partial charge in [0.25, 0.3) is 0 Å². The molecule has 2 N–H and O–H groups in total. The zero-order valence-corrected chi connectivity index (χ0v) is 11.7. The smallest absolute Gasteiger partial charge is 0.244 e. The molecular formula is C16H21NO3. The summed E-state index contributed by atoms with van der Waals surface area (Å²) < 4.78 is 5.70. The number of carbonyl (C=O) groups is 1. The minimum Gasteiger partial charge on any atom is -0.461 e. The molecule has 2 unspecified atom stereocenters. The van der Waals surface area contributed by atoms with E-state index < -0.39 is 0 Å². The van der Waals surface area contributed by atoms with Crippen LogP contribution >= 0.6 is 0 Å². The van der Waals surface area contributed by atoms with Crippen LogP contribution < -0.4 is 5.32 Å². The van der Waals surface area contributed by atoms with Gasteiger partial charge in [-0.25, -0.2) is 0 Å². The van der Waals surface area contributed by atoms with E-state index in [1.165, 1.54) is 12.5 Å². The Kier molecular flexibility index (Phi) is 3.66. The minimum absolute atomic E-state index is 0.107. The second kappa shape index (κ2) is 5.44. The highest BCUT2D eigenvalue weighted by Gasteiger charge is 2.36. The van der Waals surface area contributed by atoms with Crippen molar-refractivity contribution in [3.8, 4) is 0 Å². The molecule has 20 heavy (non-hydrogen) atoms. The molecule has 0 bridgehead atoms. The highest BCUT2D eigenvalue weighted by atomic mass is 16.3. The first-order valence-corrected chi connectivity index (χ1v) is 7.35. The number of hydrogen-bond donors (Lipinski definition) is 2. The molecule has 1 amide bonds. The molecule has 1 aromatic rings. The van der Waals surface area contributed by atoms with Crippen LogP contribution in [0.2, 0.25) is 0 Å². The Morgan fingerprint density at radius 2 is 2.20 bits per heavy atom. The highest BCUT2D eigenvalue weighted by Crippen LogP contribution is 2.47. The number of amides is 1. The summed E-state index contributed by atoms with van der Waals surface area (Å²) in [6.45, 7) is 2.86. The van der Waals surface area contributed by atoms with Crippen LogP contribution in [0.15, 0.2) is 22.6 Å². The number of hydrogen-bond acceptors (Lipinski definition) is 3. The highest BCUT2D eigenvalue weighted by molar-refractivity contribution is 5.91. The van der Waals surface area contributed by atoms with Gasteiger partial charge in [-0.15, -0.1) is 0 Å². The summed E-state index contributed by atoms with van der Waals surface area (Å²) in [6, 6.07) is 3.91. The van der Waals surface area contributed by atoms with E-state index in [-0.39, 0.29) is 12.0 Å². The van der Waals surface area contributed by atoms with E-state index in [1.807, 2.05) is 12.1 Å². The van der Waals surface area contributed by atoms with E-state index in [0.717, 1.165) is 30.3 Å². The fourth-order valence-corrected chi connectivity index (χ4v) is 2.70. The molecule has 0 radical (unpaired) electrons. The minimum atomic E-state index is -0.168. The van der Waals surface area contributed by atoms with Gasteiger partial charge in [0.15, 0.2) is 0 Å². The molecule has 4 heteroatoms. The Labute approximate surface area is 118 Å². The average Bonchev–Trinajstić information content (AvgIpc) is 2.93. The van der Waals surface area contributed by atoms with Gasteiger partial charge in [-0.05, 0) is 49.3 Å².